The highest BCUT2D eigenvalue weighted by Gasteiger charge is 2.26. The Labute approximate surface area is 206 Å². The van der Waals surface area contributed by atoms with E-state index in [1.54, 1.807) is 0 Å². The maximum atomic E-state index is 6.14. The van der Waals surface area contributed by atoms with Gasteiger partial charge in [-0.15, -0.1) is 0 Å². The summed E-state index contributed by atoms with van der Waals surface area (Å²) in [5, 5.41) is 0.720. The van der Waals surface area contributed by atoms with Gasteiger partial charge in [0.05, 0.1) is 18.9 Å². The molecule has 178 valence electrons. The smallest absolute Gasteiger partial charge is 0.228 e. The number of nitrogens with zero attached hydrogens (tertiary/aromatic N) is 6. The molecule has 0 spiro atoms. The van der Waals surface area contributed by atoms with Crippen molar-refractivity contribution in [3.8, 4) is 11.3 Å². The van der Waals surface area contributed by atoms with E-state index in [2.05, 4.69) is 45.7 Å². The van der Waals surface area contributed by atoms with Crippen molar-refractivity contribution in [1.29, 1.82) is 0 Å². The van der Waals surface area contributed by atoms with Crippen molar-refractivity contribution in [3.63, 3.8) is 0 Å². The fourth-order valence-corrected chi connectivity index (χ4v) is 4.87. The van der Waals surface area contributed by atoms with Crippen molar-refractivity contribution in [2.75, 3.05) is 60.6 Å². The summed E-state index contributed by atoms with van der Waals surface area (Å²) in [6, 6.07) is 14.4. The molecular formula is C26H31ClN6O. The Morgan fingerprint density at radius 3 is 2.53 bits per heavy atom. The van der Waals surface area contributed by atoms with Crippen LogP contribution in [0.25, 0.3) is 11.3 Å². The number of ether oxygens (including phenoxy) is 1. The van der Waals surface area contributed by atoms with Gasteiger partial charge in [0, 0.05) is 61.6 Å². The molecule has 5 rings (SSSR count). The standard InChI is InChI=1S/C26H31ClN6O/c1-19-5-3-10-28-25(19)32-11-4-12-33(20(2)18-32)24-17-23(21-6-8-22(27)9-7-21)29-26(30-24)31-13-15-34-16-14-31/h3,5-10,17,20H,4,11-16,18H2,1-2H3. The second kappa shape index (κ2) is 10.2. The monoisotopic (exact) mass is 478 g/mol. The molecule has 8 heteroatoms. The van der Waals surface area contributed by atoms with Crippen LogP contribution in [-0.2, 0) is 4.74 Å². The Balaban J connectivity index is 1.48. The number of anilines is 3. The average molecular weight is 479 g/mol. The van der Waals surface area contributed by atoms with Gasteiger partial charge < -0.3 is 19.4 Å². The quantitative estimate of drug-likeness (QED) is 0.549. The zero-order valence-corrected chi connectivity index (χ0v) is 20.6. The summed E-state index contributed by atoms with van der Waals surface area (Å²) in [5.41, 5.74) is 3.16. The van der Waals surface area contributed by atoms with Crippen molar-refractivity contribution >= 4 is 29.2 Å². The fourth-order valence-electron chi connectivity index (χ4n) is 4.74. The molecule has 2 aromatic heterocycles. The molecule has 2 saturated heterocycles. The van der Waals surface area contributed by atoms with Crippen LogP contribution in [0.2, 0.25) is 5.02 Å². The molecule has 3 aromatic rings. The van der Waals surface area contributed by atoms with Gasteiger partial charge in [0.2, 0.25) is 5.95 Å². The molecule has 0 N–H and O–H groups in total. The van der Waals surface area contributed by atoms with Crippen LogP contribution in [0.1, 0.15) is 18.9 Å². The van der Waals surface area contributed by atoms with E-state index in [0.717, 1.165) is 73.0 Å². The molecule has 7 nitrogen and oxygen atoms in total. The van der Waals surface area contributed by atoms with E-state index in [1.807, 2.05) is 36.5 Å². The third-order valence-electron chi connectivity index (χ3n) is 6.55. The second-order valence-corrected chi connectivity index (χ2v) is 9.44. The summed E-state index contributed by atoms with van der Waals surface area (Å²) in [7, 11) is 0. The summed E-state index contributed by atoms with van der Waals surface area (Å²) < 4.78 is 5.56. The number of pyridine rings is 1. The van der Waals surface area contributed by atoms with Crippen LogP contribution in [-0.4, -0.2) is 66.9 Å². The summed E-state index contributed by atoms with van der Waals surface area (Å²) >= 11 is 6.14. The van der Waals surface area contributed by atoms with Crippen molar-refractivity contribution in [1.82, 2.24) is 15.0 Å². The molecule has 1 atom stereocenters. The second-order valence-electron chi connectivity index (χ2n) is 9.00. The van der Waals surface area contributed by atoms with Crippen LogP contribution >= 0.6 is 11.6 Å². The van der Waals surface area contributed by atoms with Crippen molar-refractivity contribution in [2.45, 2.75) is 26.3 Å². The van der Waals surface area contributed by atoms with Gasteiger partial charge in [0.15, 0.2) is 0 Å². The van der Waals surface area contributed by atoms with E-state index < -0.39 is 0 Å². The first-order chi connectivity index (χ1) is 16.6. The van der Waals surface area contributed by atoms with Crippen LogP contribution < -0.4 is 14.7 Å². The van der Waals surface area contributed by atoms with Crippen LogP contribution in [0.4, 0.5) is 17.6 Å². The molecule has 0 bridgehead atoms. The van der Waals surface area contributed by atoms with Crippen molar-refractivity contribution in [3.05, 3.63) is 59.2 Å². The summed E-state index contributed by atoms with van der Waals surface area (Å²) in [5.74, 6) is 2.81. The SMILES string of the molecule is Cc1cccnc1N1CCCN(c2cc(-c3ccc(Cl)cc3)nc(N3CCOCC3)n2)C(C)C1. The molecule has 2 aliphatic heterocycles. The fraction of sp³-hybridized carbons (Fsp3) is 0.423. The van der Waals surface area contributed by atoms with Crippen LogP contribution in [0.5, 0.6) is 0 Å². The minimum absolute atomic E-state index is 0.273. The minimum atomic E-state index is 0.273. The molecule has 2 fully saturated rings. The topological polar surface area (TPSA) is 57.6 Å². The number of benzene rings is 1. The number of hydrogen-bond acceptors (Lipinski definition) is 7. The molecule has 0 saturated carbocycles. The molecule has 0 radical (unpaired) electrons. The maximum absolute atomic E-state index is 6.14. The Morgan fingerprint density at radius 1 is 0.971 bits per heavy atom. The van der Waals surface area contributed by atoms with E-state index in [1.165, 1.54) is 5.56 Å². The van der Waals surface area contributed by atoms with Crippen molar-refractivity contribution in [2.24, 2.45) is 0 Å². The summed E-state index contributed by atoms with van der Waals surface area (Å²) in [4.78, 5) is 21.7. The number of aromatic nitrogens is 3. The minimum Gasteiger partial charge on any atom is -0.378 e. The van der Waals surface area contributed by atoms with E-state index in [-0.39, 0.29) is 6.04 Å². The first-order valence-electron chi connectivity index (χ1n) is 12.0. The molecule has 34 heavy (non-hydrogen) atoms. The zero-order valence-electron chi connectivity index (χ0n) is 19.8. The van der Waals surface area contributed by atoms with Gasteiger partial charge in [-0.1, -0.05) is 29.8 Å². The van der Waals surface area contributed by atoms with E-state index in [9.17, 15) is 0 Å². The largest absolute Gasteiger partial charge is 0.378 e. The van der Waals surface area contributed by atoms with Gasteiger partial charge in [0.25, 0.3) is 0 Å². The van der Waals surface area contributed by atoms with E-state index >= 15 is 0 Å². The highest BCUT2D eigenvalue weighted by atomic mass is 35.5. The molecule has 1 aromatic carbocycles. The highest BCUT2D eigenvalue weighted by Crippen LogP contribution is 2.29. The molecule has 0 amide bonds. The molecular weight excluding hydrogens is 448 g/mol. The lowest BCUT2D eigenvalue weighted by atomic mass is 10.1. The van der Waals surface area contributed by atoms with E-state index in [0.29, 0.717) is 13.2 Å². The molecule has 0 aliphatic carbocycles. The predicted molar refractivity (Wildman–Crippen MR) is 138 cm³/mol. The van der Waals surface area contributed by atoms with Gasteiger partial charge in [0.1, 0.15) is 11.6 Å². The van der Waals surface area contributed by atoms with Crippen LogP contribution in [0.3, 0.4) is 0 Å². The lowest BCUT2D eigenvalue weighted by Crippen LogP contribution is -2.41. The number of rotatable bonds is 4. The average Bonchev–Trinajstić information content (AvgIpc) is 3.06. The van der Waals surface area contributed by atoms with Gasteiger partial charge in [-0.3, -0.25) is 0 Å². The Kier molecular flexibility index (Phi) is 6.83. The molecule has 4 heterocycles. The third-order valence-corrected chi connectivity index (χ3v) is 6.81. The normalized spacial score (nSPS) is 19.3. The predicted octanol–water partition coefficient (Wildman–Crippen LogP) is 4.44. The number of halogens is 1. The van der Waals surface area contributed by atoms with Gasteiger partial charge in [-0.05, 0) is 44.0 Å². The lowest BCUT2D eigenvalue weighted by molar-refractivity contribution is 0.122. The van der Waals surface area contributed by atoms with Gasteiger partial charge in [-0.2, -0.15) is 4.98 Å². The van der Waals surface area contributed by atoms with Gasteiger partial charge >= 0.3 is 0 Å². The first-order valence-corrected chi connectivity index (χ1v) is 12.4. The Bertz CT molecular complexity index is 1120. The Hall–Kier alpha value is -2.90. The summed E-state index contributed by atoms with van der Waals surface area (Å²) in [6.07, 6.45) is 2.92. The molecule has 2 aliphatic rings. The van der Waals surface area contributed by atoms with E-state index in [4.69, 9.17) is 26.3 Å². The van der Waals surface area contributed by atoms with Crippen molar-refractivity contribution < 1.29 is 4.74 Å². The first kappa shape index (κ1) is 22.9. The van der Waals surface area contributed by atoms with Crippen LogP contribution in [0.15, 0.2) is 48.7 Å². The number of morpholine rings is 1. The zero-order chi connectivity index (χ0) is 23.5. The highest BCUT2D eigenvalue weighted by molar-refractivity contribution is 6.30. The summed E-state index contributed by atoms with van der Waals surface area (Å²) in [6.45, 7) is 10.2. The number of hydrogen-bond donors (Lipinski definition) is 0. The maximum Gasteiger partial charge on any atom is 0.228 e. The molecule has 1 unspecified atom stereocenters. The lowest BCUT2D eigenvalue weighted by Gasteiger charge is -2.32. The van der Waals surface area contributed by atoms with Crippen LogP contribution in [0, 0.1) is 6.92 Å². The third kappa shape index (κ3) is 4.95. The van der Waals surface area contributed by atoms with Gasteiger partial charge in [-0.25, -0.2) is 9.97 Å². The Morgan fingerprint density at radius 2 is 1.76 bits per heavy atom. The number of aryl methyl sites for hydroxylation is 1.